The molecule has 1 aromatic carbocycles. The van der Waals surface area contributed by atoms with Crippen LogP contribution in [0.1, 0.15) is 43.1 Å². The minimum Gasteiger partial charge on any atom is -0.497 e. The second-order valence-electron chi connectivity index (χ2n) is 6.67. The largest absolute Gasteiger partial charge is 0.497 e. The van der Waals surface area contributed by atoms with Crippen LogP contribution in [0, 0.1) is 0 Å². The molecule has 3 aromatic rings. The highest BCUT2D eigenvalue weighted by Gasteiger charge is 2.25. The topological polar surface area (TPSA) is 86.2 Å². The lowest BCUT2D eigenvalue weighted by Gasteiger charge is -2.25. The minimum absolute atomic E-state index is 0. The number of benzene rings is 1. The van der Waals surface area contributed by atoms with Gasteiger partial charge in [-0.3, -0.25) is 0 Å². The van der Waals surface area contributed by atoms with Gasteiger partial charge < -0.3 is 19.0 Å². The summed E-state index contributed by atoms with van der Waals surface area (Å²) in [6.45, 7) is 3.16. The van der Waals surface area contributed by atoms with Gasteiger partial charge in [0.2, 0.25) is 11.8 Å². The van der Waals surface area contributed by atoms with Gasteiger partial charge in [-0.15, -0.1) is 12.4 Å². The van der Waals surface area contributed by atoms with E-state index in [0.717, 1.165) is 42.3 Å². The molecular formula is C19H23ClN4O3. The quantitative estimate of drug-likeness (QED) is 0.712. The molecule has 1 aliphatic rings. The number of halogens is 1. The van der Waals surface area contributed by atoms with Crippen molar-refractivity contribution in [3.05, 3.63) is 47.9 Å². The highest BCUT2D eigenvalue weighted by Crippen LogP contribution is 2.27. The molecule has 2 atom stereocenters. The van der Waals surface area contributed by atoms with Crippen molar-refractivity contribution in [2.75, 3.05) is 13.7 Å². The molecule has 3 heterocycles. The van der Waals surface area contributed by atoms with Crippen LogP contribution in [-0.4, -0.2) is 34.8 Å². The molecule has 0 unspecified atom stereocenters. The molecule has 0 bridgehead atoms. The smallest absolute Gasteiger partial charge is 0.229 e. The fourth-order valence-corrected chi connectivity index (χ4v) is 3.28. The summed E-state index contributed by atoms with van der Waals surface area (Å²) >= 11 is 0. The Morgan fingerprint density at radius 2 is 2.04 bits per heavy atom. The fourth-order valence-electron chi connectivity index (χ4n) is 3.28. The van der Waals surface area contributed by atoms with Crippen LogP contribution in [0.5, 0.6) is 5.75 Å². The molecule has 27 heavy (non-hydrogen) atoms. The van der Waals surface area contributed by atoms with Gasteiger partial charge in [0.15, 0.2) is 5.82 Å². The lowest BCUT2D eigenvalue weighted by Crippen LogP contribution is -2.34. The molecule has 2 aromatic heterocycles. The summed E-state index contributed by atoms with van der Waals surface area (Å²) < 4.78 is 16.2. The Kier molecular flexibility index (Phi) is 6.13. The Morgan fingerprint density at radius 1 is 1.22 bits per heavy atom. The number of nitrogens with zero attached hydrogens (tertiary/aromatic N) is 3. The van der Waals surface area contributed by atoms with Crippen molar-refractivity contribution >= 4 is 12.4 Å². The highest BCUT2D eigenvalue weighted by molar-refractivity contribution is 5.85. The predicted molar refractivity (Wildman–Crippen MR) is 102 cm³/mol. The number of hydrogen-bond acceptors (Lipinski definition) is 7. The molecule has 8 heteroatoms. The summed E-state index contributed by atoms with van der Waals surface area (Å²) in [6.07, 6.45) is 4.18. The molecule has 0 radical (unpaired) electrons. The maximum atomic E-state index is 5.59. The molecule has 0 aliphatic carbocycles. The third-order valence-electron chi connectivity index (χ3n) is 4.68. The Bertz CT molecular complexity index is 862. The van der Waals surface area contributed by atoms with Crippen LogP contribution >= 0.6 is 12.4 Å². The van der Waals surface area contributed by atoms with Gasteiger partial charge in [-0.05, 0) is 50.6 Å². The number of methoxy groups -OCH3 is 1. The van der Waals surface area contributed by atoms with Crippen molar-refractivity contribution in [1.82, 2.24) is 20.4 Å². The third kappa shape index (κ3) is 4.48. The van der Waals surface area contributed by atoms with E-state index in [4.69, 9.17) is 13.7 Å². The number of aromatic nitrogens is 3. The van der Waals surface area contributed by atoms with Gasteiger partial charge in [0.1, 0.15) is 12.0 Å². The molecule has 144 valence electrons. The van der Waals surface area contributed by atoms with E-state index in [-0.39, 0.29) is 12.4 Å². The first-order valence-electron chi connectivity index (χ1n) is 8.86. The number of ether oxygens (including phenoxy) is 1. The molecule has 1 aliphatic heterocycles. The number of rotatable bonds is 5. The van der Waals surface area contributed by atoms with Crippen LogP contribution in [-0.2, 0) is 6.42 Å². The fraction of sp³-hybridized carbons (Fsp3) is 0.421. The standard InChI is InChI=1S/C19H22N4O3.ClH/c1-12-9-14(7-8-20-12)19-22-17(23-26-19)10-15-11-25-18(21-15)13-3-5-16(24-2)6-4-13;/h3-6,11-12,14,20H,7-10H2,1-2H3;1H/t12-,14-;/m0./s1. The SMILES string of the molecule is COc1ccc(-c2nc(Cc3noc([C@H]4CCN[C@@H](C)C4)n3)co2)cc1.Cl. The third-order valence-corrected chi connectivity index (χ3v) is 4.68. The molecule has 1 fully saturated rings. The van der Waals surface area contributed by atoms with E-state index >= 15 is 0 Å². The van der Waals surface area contributed by atoms with Crippen molar-refractivity contribution in [3.63, 3.8) is 0 Å². The highest BCUT2D eigenvalue weighted by atomic mass is 35.5. The molecule has 0 saturated carbocycles. The summed E-state index contributed by atoms with van der Waals surface area (Å²) in [6, 6.07) is 8.07. The predicted octanol–water partition coefficient (Wildman–Crippen LogP) is 3.60. The Morgan fingerprint density at radius 3 is 2.78 bits per heavy atom. The van der Waals surface area contributed by atoms with E-state index in [9.17, 15) is 0 Å². The van der Waals surface area contributed by atoms with E-state index in [1.807, 2.05) is 24.3 Å². The van der Waals surface area contributed by atoms with E-state index in [0.29, 0.717) is 30.1 Å². The van der Waals surface area contributed by atoms with Crippen molar-refractivity contribution in [2.45, 2.75) is 38.1 Å². The Labute approximate surface area is 163 Å². The van der Waals surface area contributed by atoms with E-state index in [1.165, 1.54) is 0 Å². The van der Waals surface area contributed by atoms with Gasteiger partial charge in [0, 0.05) is 17.5 Å². The first kappa shape index (κ1) is 19.4. The van der Waals surface area contributed by atoms with Crippen LogP contribution in [0.3, 0.4) is 0 Å². The Balaban J connectivity index is 0.00000210. The number of nitrogens with one attached hydrogen (secondary N) is 1. The van der Waals surface area contributed by atoms with Crippen LogP contribution in [0.15, 0.2) is 39.5 Å². The molecule has 0 amide bonds. The number of oxazole rings is 1. The van der Waals surface area contributed by atoms with Gasteiger partial charge in [0.25, 0.3) is 0 Å². The average Bonchev–Trinajstić information content (AvgIpc) is 3.32. The first-order chi connectivity index (χ1) is 12.7. The molecule has 0 spiro atoms. The summed E-state index contributed by atoms with van der Waals surface area (Å²) in [7, 11) is 1.64. The van der Waals surface area contributed by atoms with Crippen molar-refractivity contribution < 1.29 is 13.7 Å². The molecular weight excluding hydrogens is 368 g/mol. The normalized spacial score (nSPS) is 19.5. The van der Waals surface area contributed by atoms with Gasteiger partial charge in [-0.2, -0.15) is 4.98 Å². The van der Waals surface area contributed by atoms with E-state index < -0.39 is 0 Å². The van der Waals surface area contributed by atoms with Crippen molar-refractivity contribution in [3.8, 4) is 17.2 Å². The molecule has 7 nitrogen and oxygen atoms in total. The van der Waals surface area contributed by atoms with Crippen molar-refractivity contribution in [2.24, 2.45) is 0 Å². The molecule has 1 saturated heterocycles. The lowest BCUT2D eigenvalue weighted by molar-refractivity contribution is 0.294. The van der Waals surface area contributed by atoms with Crippen LogP contribution in [0.4, 0.5) is 0 Å². The van der Waals surface area contributed by atoms with E-state index in [1.54, 1.807) is 13.4 Å². The average molecular weight is 391 g/mol. The van der Waals surface area contributed by atoms with Gasteiger partial charge in [-0.1, -0.05) is 5.16 Å². The van der Waals surface area contributed by atoms with Gasteiger partial charge in [-0.25, -0.2) is 4.98 Å². The minimum atomic E-state index is 0. The summed E-state index contributed by atoms with van der Waals surface area (Å²) in [5.74, 6) is 3.07. The second-order valence-corrected chi connectivity index (χ2v) is 6.67. The van der Waals surface area contributed by atoms with E-state index in [2.05, 4.69) is 27.4 Å². The summed E-state index contributed by atoms with van der Waals surface area (Å²) in [4.78, 5) is 9.09. The summed E-state index contributed by atoms with van der Waals surface area (Å²) in [5, 5.41) is 7.55. The zero-order valence-electron chi connectivity index (χ0n) is 15.3. The molecule has 1 N–H and O–H groups in total. The Hall–Kier alpha value is -2.38. The summed E-state index contributed by atoms with van der Waals surface area (Å²) in [5.41, 5.74) is 1.68. The first-order valence-corrected chi connectivity index (χ1v) is 8.86. The number of piperidine rings is 1. The maximum Gasteiger partial charge on any atom is 0.229 e. The zero-order chi connectivity index (χ0) is 17.9. The maximum absolute atomic E-state index is 5.59. The van der Waals surface area contributed by atoms with Gasteiger partial charge in [0.05, 0.1) is 19.2 Å². The van der Waals surface area contributed by atoms with Crippen LogP contribution < -0.4 is 10.1 Å². The van der Waals surface area contributed by atoms with Crippen LogP contribution in [0.2, 0.25) is 0 Å². The van der Waals surface area contributed by atoms with Crippen molar-refractivity contribution in [1.29, 1.82) is 0 Å². The second kappa shape index (κ2) is 8.54. The molecule has 4 rings (SSSR count). The van der Waals surface area contributed by atoms with Gasteiger partial charge >= 0.3 is 0 Å². The van der Waals surface area contributed by atoms with Crippen LogP contribution in [0.25, 0.3) is 11.5 Å². The number of hydrogen-bond donors (Lipinski definition) is 1. The zero-order valence-corrected chi connectivity index (χ0v) is 16.2. The lowest BCUT2D eigenvalue weighted by atomic mass is 9.93. The monoisotopic (exact) mass is 390 g/mol.